The van der Waals surface area contributed by atoms with Crippen LogP contribution in [0.15, 0.2) is 292 Å². The first-order valence-electron chi connectivity index (χ1n) is 36.1. The van der Waals surface area contributed by atoms with Gasteiger partial charge < -0.3 is 42.6 Å². The quantitative estimate of drug-likeness (QED) is 0.169. The van der Waals surface area contributed by atoms with Gasteiger partial charge in [0.15, 0.2) is 0 Å². The zero-order valence-corrected chi connectivity index (χ0v) is 57.1. The molecule has 0 aliphatic carbocycles. The van der Waals surface area contributed by atoms with E-state index < -0.39 is 0 Å². The van der Waals surface area contributed by atoms with Gasteiger partial charge in [0.25, 0.3) is 20.1 Å². The minimum absolute atomic E-state index is 0.189. The summed E-state index contributed by atoms with van der Waals surface area (Å²) in [6, 6.07) is 101. The molecule has 18 aromatic rings. The molecule has 0 fully saturated rings. The maximum absolute atomic E-state index is 7.76. The van der Waals surface area contributed by atoms with E-state index in [0.29, 0.717) is 0 Å². The van der Waals surface area contributed by atoms with E-state index in [4.69, 9.17) is 27.5 Å². The van der Waals surface area contributed by atoms with Crippen LogP contribution in [0.2, 0.25) is 0 Å². The van der Waals surface area contributed by atoms with Crippen molar-refractivity contribution in [1.29, 1.82) is 0 Å². The lowest BCUT2D eigenvalue weighted by Crippen LogP contribution is -2.64. The molecular weight excluding hydrogens is 1290 g/mol. The van der Waals surface area contributed by atoms with Crippen LogP contribution in [-0.2, 0) is 0 Å². The van der Waals surface area contributed by atoms with Crippen molar-refractivity contribution >= 4 is 181 Å². The van der Waals surface area contributed by atoms with E-state index in [1.165, 1.54) is 16.5 Å². The Hall–Kier alpha value is -13.3. The maximum atomic E-state index is 7.76. The fourth-order valence-corrected chi connectivity index (χ4v) is 19.0. The number of aryl methyl sites for hydroxylation is 3. The fraction of sp³-hybridized carbons (Fsp3) is 0.0323. The van der Waals surface area contributed by atoms with Crippen molar-refractivity contribution < 1.29 is 27.5 Å². The molecule has 0 saturated carbocycles. The van der Waals surface area contributed by atoms with Crippen LogP contribution < -0.4 is 78.5 Å². The predicted octanol–water partition coefficient (Wildman–Crippen LogP) is 18.8. The highest BCUT2D eigenvalue weighted by atomic mass is 16.5. The molecule has 0 bridgehead atoms. The average molecular weight is 1340 g/mol. The van der Waals surface area contributed by atoms with Gasteiger partial charge in [-0.15, -0.1) is 0 Å². The Morgan fingerprint density at radius 2 is 0.752 bits per heavy atom. The predicted molar refractivity (Wildman–Crippen MR) is 431 cm³/mol. The normalized spacial score (nSPS) is 13.7. The molecule has 6 aliphatic heterocycles. The summed E-state index contributed by atoms with van der Waals surface area (Å²) in [6.45, 7) is 5.89. The second-order valence-corrected chi connectivity index (χ2v) is 29.1. The third kappa shape index (κ3) is 7.94. The molecule has 3 aromatic heterocycles. The molecular formula is C93H56B3N3O6. The zero-order valence-electron chi connectivity index (χ0n) is 57.1. The summed E-state index contributed by atoms with van der Waals surface area (Å²) in [6.07, 6.45) is 0. The van der Waals surface area contributed by atoms with Gasteiger partial charge in [-0.3, -0.25) is 0 Å². The number of nitrogens with one attached hydrogen (secondary N) is 1. The van der Waals surface area contributed by atoms with Crippen molar-refractivity contribution in [3.63, 3.8) is 0 Å². The van der Waals surface area contributed by atoms with Gasteiger partial charge in [0.1, 0.15) is 68.0 Å². The first-order valence-corrected chi connectivity index (χ1v) is 36.1. The summed E-state index contributed by atoms with van der Waals surface area (Å²) < 4.78 is 43.2. The molecule has 0 unspecified atom stereocenters. The second kappa shape index (κ2) is 20.9. The Morgan fingerprint density at radius 1 is 0.286 bits per heavy atom. The molecule has 9 heterocycles. The number of hydrogen-bond donors (Lipinski definition) is 1. The highest BCUT2D eigenvalue weighted by Gasteiger charge is 2.49. The first kappa shape index (κ1) is 57.3. The van der Waals surface area contributed by atoms with Gasteiger partial charge in [-0.1, -0.05) is 194 Å². The van der Waals surface area contributed by atoms with Gasteiger partial charge in [0.05, 0.1) is 5.69 Å². The van der Waals surface area contributed by atoms with Crippen molar-refractivity contribution in [2.75, 3.05) is 15.1 Å². The van der Waals surface area contributed by atoms with E-state index in [2.05, 4.69) is 291 Å². The Balaban J connectivity index is 0.756. The lowest BCUT2D eigenvalue weighted by atomic mass is 9.30. The Labute approximate surface area is 603 Å². The van der Waals surface area contributed by atoms with E-state index in [9.17, 15) is 0 Å². The molecule has 9 nitrogen and oxygen atoms in total. The Morgan fingerprint density at radius 3 is 1.37 bits per heavy atom. The van der Waals surface area contributed by atoms with Crippen LogP contribution in [0, 0.1) is 20.8 Å². The molecule has 0 radical (unpaired) electrons. The van der Waals surface area contributed by atoms with E-state index in [1.807, 2.05) is 24.3 Å². The molecule has 0 atom stereocenters. The van der Waals surface area contributed by atoms with Crippen molar-refractivity contribution in [2.45, 2.75) is 20.8 Å². The summed E-state index contributed by atoms with van der Waals surface area (Å²) in [5.74, 6) is 4.60. The molecule has 105 heavy (non-hydrogen) atoms. The number of benzene rings is 15. The minimum atomic E-state index is -0.361. The number of fused-ring (bicyclic) bond motifs is 21. The summed E-state index contributed by atoms with van der Waals surface area (Å²) in [5.41, 5.74) is 32.9. The standard InChI is InChI=1S/C93H56B3N3O6/c1-50-38-51(2)90(52(3)39-50)99-75-49-83-71(47-69(75)95-67-32-11-16-37-81(67)100-84-43-54(42-77(99)88(84)95)58-26-18-29-64-61-23-8-14-35-79(61)104-92(58)64)96-70-46-68-72(48-82(70)101-85-44-55(45-86(102-83)89(85)96)59-27-19-30-65-62-24-9-15-36-80(62)105-93(59)65)97-73-40-53(57-25-17-28-63-60-22-7-13-34-78(60)103-91(57)63)41-76-87(73)94(68)66-31-10-12-33-74(66)98(76)56-20-5-4-6-21-56/h4-49,97H,1-3H3. The van der Waals surface area contributed by atoms with Gasteiger partial charge in [0, 0.05) is 106 Å². The lowest BCUT2D eigenvalue weighted by molar-refractivity contribution is 0.465. The summed E-state index contributed by atoms with van der Waals surface area (Å²) in [4.78, 5) is 4.96. The van der Waals surface area contributed by atoms with Crippen LogP contribution in [0.3, 0.4) is 0 Å². The molecule has 1 N–H and O–H groups in total. The monoisotopic (exact) mass is 1340 g/mol. The van der Waals surface area contributed by atoms with E-state index in [0.717, 1.165) is 229 Å². The van der Waals surface area contributed by atoms with E-state index >= 15 is 0 Å². The maximum Gasteiger partial charge on any atom is 0.260 e. The van der Waals surface area contributed by atoms with Crippen LogP contribution in [0.5, 0.6) is 34.5 Å². The second-order valence-electron chi connectivity index (χ2n) is 29.1. The summed E-state index contributed by atoms with van der Waals surface area (Å²) >= 11 is 0. The molecule has 0 spiro atoms. The summed E-state index contributed by atoms with van der Waals surface area (Å²) in [7, 11) is 0. The number of ether oxygens (including phenoxy) is 3. The molecule has 488 valence electrons. The van der Waals surface area contributed by atoms with Crippen LogP contribution in [-0.4, -0.2) is 20.1 Å². The van der Waals surface area contributed by atoms with Gasteiger partial charge in [-0.05, 0) is 171 Å². The van der Waals surface area contributed by atoms with Crippen LogP contribution in [0.25, 0.3) is 99.2 Å². The van der Waals surface area contributed by atoms with Crippen LogP contribution in [0.4, 0.5) is 45.5 Å². The molecule has 6 aliphatic rings. The molecule has 15 aromatic carbocycles. The van der Waals surface area contributed by atoms with E-state index in [1.54, 1.807) is 0 Å². The highest BCUT2D eigenvalue weighted by Crippen LogP contribution is 2.51. The van der Waals surface area contributed by atoms with Crippen molar-refractivity contribution in [2.24, 2.45) is 0 Å². The largest absolute Gasteiger partial charge is 0.458 e. The Kier molecular flexibility index (Phi) is 11.4. The van der Waals surface area contributed by atoms with Crippen LogP contribution in [0.1, 0.15) is 16.7 Å². The van der Waals surface area contributed by atoms with Crippen molar-refractivity contribution in [3.05, 3.63) is 296 Å². The number of hydrogen-bond acceptors (Lipinski definition) is 9. The minimum Gasteiger partial charge on any atom is -0.458 e. The van der Waals surface area contributed by atoms with Gasteiger partial charge in [-0.2, -0.15) is 0 Å². The summed E-state index contributed by atoms with van der Waals surface area (Å²) in [5, 5.41) is 10.6. The third-order valence-electron chi connectivity index (χ3n) is 23.2. The average Bonchev–Trinajstić information content (AvgIpc) is 1.22. The first-order chi connectivity index (χ1) is 51.8. The number of para-hydroxylation sites is 9. The smallest absolute Gasteiger partial charge is 0.260 e. The molecule has 12 heteroatoms. The lowest BCUT2D eigenvalue weighted by Gasteiger charge is -2.43. The number of rotatable bonds is 5. The molecule has 24 rings (SSSR count). The fourth-order valence-electron chi connectivity index (χ4n) is 19.0. The van der Waals surface area contributed by atoms with Gasteiger partial charge in [0.2, 0.25) is 0 Å². The number of anilines is 8. The number of nitrogens with zero attached hydrogens (tertiary/aromatic N) is 2. The van der Waals surface area contributed by atoms with E-state index in [-0.39, 0.29) is 20.1 Å². The molecule has 0 amide bonds. The SMILES string of the molecule is Cc1cc(C)c(N2c3cc4c(cc3B3c5ccccc5Oc5cc(-c6cccc7c6oc6ccccc67)cc2c53)B2c3cc5c(cc3Oc3cc(-c6cccc7c6oc6ccccc67)cc(c32)O4)Nc2cc(-c3cccc4c3oc3ccccc34)cc3c2B5c2ccccc2N3c2ccccc2)c(C)c1. The zero-order chi connectivity index (χ0) is 68.8. The third-order valence-corrected chi connectivity index (χ3v) is 23.2. The number of furan rings is 3. The van der Waals surface area contributed by atoms with Crippen molar-refractivity contribution in [1.82, 2.24) is 0 Å². The Bertz CT molecular complexity index is 6950. The van der Waals surface area contributed by atoms with Crippen LogP contribution >= 0.6 is 0 Å². The highest BCUT2D eigenvalue weighted by molar-refractivity contribution is 7.03. The molecule has 0 saturated heterocycles. The topological polar surface area (TPSA) is 85.6 Å². The van der Waals surface area contributed by atoms with Crippen molar-refractivity contribution in [3.8, 4) is 67.9 Å². The van der Waals surface area contributed by atoms with Gasteiger partial charge in [-0.25, -0.2) is 0 Å². The van der Waals surface area contributed by atoms with Gasteiger partial charge >= 0.3 is 0 Å².